The van der Waals surface area contributed by atoms with Crippen molar-refractivity contribution >= 4 is 11.4 Å². The zero-order chi connectivity index (χ0) is 14.7. The van der Waals surface area contributed by atoms with E-state index in [0.29, 0.717) is 17.8 Å². The molecular formula is C14H22N4O2. The monoisotopic (exact) mass is 278 g/mol. The maximum absolute atomic E-state index is 10.9. The van der Waals surface area contributed by atoms with Gasteiger partial charge in [-0.05, 0) is 38.3 Å². The molecule has 0 aliphatic carbocycles. The number of nitrogens with one attached hydrogen (secondary N) is 1. The lowest BCUT2D eigenvalue weighted by atomic mass is 9.96. The van der Waals surface area contributed by atoms with Crippen molar-refractivity contribution in [1.29, 1.82) is 0 Å². The molecular weight excluding hydrogens is 256 g/mol. The number of hydrogen-bond acceptors (Lipinski definition) is 5. The van der Waals surface area contributed by atoms with Crippen LogP contribution >= 0.6 is 0 Å². The summed E-state index contributed by atoms with van der Waals surface area (Å²) in [6.45, 7) is 5.28. The molecule has 20 heavy (non-hydrogen) atoms. The van der Waals surface area contributed by atoms with Crippen LogP contribution < -0.4 is 11.3 Å². The number of piperidine rings is 1. The van der Waals surface area contributed by atoms with Gasteiger partial charge in [0.2, 0.25) is 0 Å². The molecule has 0 amide bonds. The van der Waals surface area contributed by atoms with E-state index in [2.05, 4.69) is 24.2 Å². The Balaban J connectivity index is 2.19. The number of nitrogen functional groups attached to an aromatic ring is 1. The first-order chi connectivity index (χ1) is 9.52. The minimum atomic E-state index is -0.425. The van der Waals surface area contributed by atoms with Gasteiger partial charge in [0.15, 0.2) is 0 Å². The van der Waals surface area contributed by atoms with E-state index in [-0.39, 0.29) is 5.69 Å². The minimum Gasteiger partial charge on any atom is -0.318 e. The van der Waals surface area contributed by atoms with Gasteiger partial charge in [-0.1, -0.05) is 12.5 Å². The third kappa shape index (κ3) is 3.08. The number of nitro groups is 1. The number of benzene rings is 1. The second-order valence-corrected chi connectivity index (χ2v) is 5.55. The fourth-order valence-corrected chi connectivity index (χ4v) is 2.95. The maximum atomic E-state index is 10.9. The average Bonchev–Trinajstić information content (AvgIpc) is 2.42. The molecule has 0 spiro atoms. The highest BCUT2D eigenvalue weighted by molar-refractivity contribution is 5.62. The van der Waals surface area contributed by atoms with E-state index in [4.69, 9.17) is 5.84 Å². The first-order valence-corrected chi connectivity index (χ1v) is 7.02. The van der Waals surface area contributed by atoms with E-state index >= 15 is 0 Å². The molecule has 0 saturated carbocycles. The number of nitrogens with two attached hydrogens (primary N) is 1. The van der Waals surface area contributed by atoms with E-state index in [1.807, 2.05) is 6.07 Å². The lowest BCUT2D eigenvalue weighted by molar-refractivity contribution is -0.384. The van der Waals surface area contributed by atoms with E-state index < -0.39 is 4.92 Å². The van der Waals surface area contributed by atoms with Crippen LogP contribution in [0.5, 0.6) is 0 Å². The summed E-state index contributed by atoms with van der Waals surface area (Å²) in [6.07, 6.45) is 3.69. The summed E-state index contributed by atoms with van der Waals surface area (Å²) in [5.74, 6) is 5.38. The topological polar surface area (TPSA) is 84.4 Å². The van der Waals surface area contributed by atoms with Crippen LogP contribution in [0.4, 0.5) is 11.4 Å². The summed E-state index contributed by atoms with van der Waals surface area (Å²) in [5, 5.41) is 10.9. The molecule has 0 aromatic heterocycles. The molecule has 1 aromatic rings. The smallest absolute Gasteiger partial charge is 0.293 e. The number of nitrogens with zero attached hydrogens (tertiary/aromatic N) is 2. The number of nitro benzene ring substituents is 1. The second kappa shape index (κ2) is 6.19. The Hall–Kier alpha value is -1.66. The van der Waals surface area contributed by atoms with E-state index in [9.17, 15) is 10.1 Å². The van der Waals surface area contributed by atoms with Crippen LogP contribution in [0.25, 0.3) is 0 Å². The summed E-state index contributed by atoms with van der Waals surface area (Å²) >= 11 is 0. The molecule has 0 unspecified atom stereocenters. The van der Waals surface area contributed by atoms with Gasteiger partial charge in [0.25, 0.3) is 5.69 Å². The average molecular weight is 278 g/mol. The fraction of sp³-hybridized carbons (Fsp3) is 0.571. The first-order valence-electron chi connectivity index (χ1n) is 7.02. The molecule has 0 bridgehead atoms. The number of rotatable bonds is 4. The van der Waals surface area contributed by atoms with Crippen molar-refractivity contribution < 1.29 is 4.92 Å². The van der Waals surface area contributed by atoms with Gasteiger partial charge >= 0.3 is 0 Å². The molecule has 1 saturated heterocycles. The molecule has 110 valence electrons. The third-order valence-corrected chi connectivity index (χ3v) is 4.15. The van der Waals surface area contributed by atoms with Crippen molar-refractivity contribution in [3.05, 3.63) is 33.9 Å². The standard InChI is InChI=1S/C14H22N4O2/c1-10-4-3-5-11(2)17(10)9-12-6-7-14(18(19)20)13(8-12)16-15/h6-8,10-11,16H,3-5,9,15H2,1-2H3/t10-,11+. The van der Waals surface area contributed by atoms with Crippen molar-refractivity contribution in [3.8, 4) is 0 Å². The number of likely N-dealkylation sites (tertiary alicyclic amines) is 1. The Morgan fingerprint density at radius 2 is 2.05 bits per heavy atom. The van der Waals surface area contributed by atoms with Gasteiger partial charge in [0, 0.05) is 24.7 Å². The maximum Gasteiger partial charge on any atom is 0.293 e. The molecule has 1 heterocycles. The molecule has 0 radical (unpaired) electrons. The van der Waals surface area contributed by atoms with E-state index in [1.165, 1.54) is 25.3 Å². The summed E-state index contributed by atoms with van der Waals surface area (Å²) in [5.41, 5.74) is 3.84. The second-order valence-electron chi connectivity index (χ2n) is 5.55. The van der Waals surface area contributed by atoms with Crippen LogP contribution in [0, 0.1) is 10.1 Å². The first kappa shape index (κ1) is 14.7. The highest BCUT2D eigenvalue weighted by Gasteiger charge is 2.25. The number of hydrazine groups is 1. The Morgan fingerprint density at radius 3 is 2.60 bits per heavy atom. The summed E-state index contributed by atoms with van der Waals surface area (Å²) in [4.78, 5) is 12.9. The van der Waals surface area contributed by atoms with E-state index in [0.717, 1.165) is 12.1 Å². The van der Waals surface area contributed by atoms with Gasteiger partial charge in [-0.2, -0.15) is 0 Å². The van der Waals surface area contributed by atoms with E-state index in [1.54, 1.807) is 6.07 Å². The van der Waals surface area contributed by atoms with Crippen LogP contribution in [0.2, 0.25) is 0 Å². The van der Waals surface area contributed by atoms with Crippen LogP contribution in [0.3, 0.4) is 0 Å². The number of hydrogen-bond donors (Lipinski definition) is 2. The zero-order valence-corrected chi connectivity index (χ0v) is 12.0. The molecule has 2 atom stereocenters. The van der Waals surface area contributed by atoms with Crippen molar-refractivity contribution in [2.24, 2.45) is 5.84 Å². The van der Waals surface area contributed by atoms with Crippen molar-refractivity contribution in [3.63, 3.8) is 0 Å². The van der Waals surface area contributed by atoms with Gasteiger partial charge in [0.1, 0.15) is 5.69 Å². The highest BCUT2D eigenvalue weighted by Crippen LogP contribution is 2.28. The number of anilines is 1. The fourth-order valence-electron chi connectivity index (χ4n) is 2.95. The summed E-state index contributed by atoms with van der Waals surface area (Å²) in [7, 11) is 0. The van der Waals surface area contributed by atoms with Crippen LogP contribution in [-0.2, 0) is 6.54 Å². The van der Waals surface area contributed by atoms with Gasteiger partial charge in [-0.25, -0.2) is 0 Å². The minimum absolute atomic E-state index is 0.0102. The van der Waals surface area contributed by atoms with Crippen LogP contribution in [0.15, 0.2) is 18.2 Å². The molecule has 1 aliphatic rings. The quantitative estimate of drug-likeness (QED) is 0.502. The van der Waals surface area contributed by atoms with Gasteiger partial charge in [0.05, 0.1) is 4.92 Å². The molecule has 1 aromatic carbocycles. The highest BCUT2D eigenvalue weighted by atomic mass is 16.6. The van der Waals surface area contributed by atoms with Gasteiger partial charge in [-0.3, -0.25) is 20.9 Å². The Bertz CT molecular complexity index is 482. The molecule has 2 rings (SSSR count). The Morgan fingerprint density at radius 1 is 1.40 bits per heavy atom. The van der Waals surface area contributed by atoms with Crippen LogP contribution in [-0.4, -0.2) is 21.9 Å². The summed E-state index contributed by atoms with van der Waals surface area (Å²) < 4.78 is 0. The zero-order valence-electron chi connectivity index (χ0n) is 12.0. The lowest BCUT2D eigenvalue weighted by Gasteiger charge is -2.39. The molecule has 3 N–H and O–H groups in total. The molecule has 6 heteroatoms. The van der Waals surface area contributed by atoms with Crippen molar-refractivity contribution in [2.45, 2.75) is 51.7 Å². The van der Waals surface area contributed by atoms with Crippen LogP contribution in [0.1, 0.15) is 38.7 Å². The predicted octanol–water partition coefficient (Wildman–Crippen LogP) is 2.64. The normalized spacial score (nSPS) is 23.6. The van der Waals surface area contributed by atoms with Crippen molar-refractivity contribution in [2.75, 3.05) is 5.43 Å². The third-order valence-electron chi connectivity index (χ3n) is 4.15. The van der Waals surface area contributed by atoms with Gasteiger partial charge in [-0.15, -0.1) is 0 Å². The molecule has 1 aliphatic heterocycles. The predicted molar refractivity (Wildman–Crippen MR) is 79.2 cm³/mol. The van der Waals surface area contributed by atoms with Gasteiger partial charge < -0.3 is 5.43 Å². The Labute approximate surface area is 119 Å². The Kier molecular flexibility index (Phi) is 4.57. The lowest BCUT2D eigenvalue weighted by Crippen LogP contribution is -2.42. The molecule has 1 fully saturated rings. The van der Waals surface area contributed by atoms with Crippen molar-refractivity contribution in [1.82, 2.24) is 4.90 Å². The SMILES string of the molecule is C[C@@H]1CCC[C@H](C)N1Cc1ccc([N+](=O)[O-])c(NN)c1. The largest absolute Gasteiger partial charge is 0.318 e. The summed E-state index contributed by atoms with van der Waals surface area (Å²) in [6, 6.07) is 6.19. The molecule has 6 nitrogen and oxygen atoms in total.